The average molecular weight is 544 g/mol. The van der Waals surface area contributed by atoms with Crippen molar-refractivity contribution in [2.45, 2.75) is 25.5 Å². The van der Waals surface area contributed by atoms with E-state index in [1.807, 2.05) is 37.3 Å². The molecule has 35 heavy (non-hydrogen) atoms. The normalized spacial score (nSPS) is 21.6. The molecule has 1 amide bonds. The maximum atomic E-state index is 14.8. The van der Waals surface area contributed by atoms with E-state index in [0.29, 0.717) is 19.5 Å². The first-order valence-corrected chi connectivity index (χ1v) is 13.6. The van der Waals surface area contributed by atoms with E-state index in [1.165, 1.54) is 0 Å². The van der Waals surface area contributed by atoms with Gasteiger partial charge in [-0.3, -0.25) is 10.2 Å². The molecule has 2 aromatic carbocycles. The van der Waals surface area contributed by atoms with Gasteiger partial charge in [-0.15, -0.1) is 0 Å². The fourth-order valence-electron chi connectivity index (χ4n) is 3.71. The Bertz CT molecular complexity index is 1360. The van der Waals surface area contributed by atoms with Crippen molar-refractivity contribution in [2.75, 3.05) is 13.1 Å². The van der Waals surface area contributed by atoms with Gasteiger partial charge < -0.3 is 9.47 Å². The third kappa shape index (κ3) is 6.07. The number of likely N-dealkylation sites (tertiary alicyclic amines) is 1. The number of benzene rings is 2. The Labute approximate surface area is 208 Å². The fourth-order valence-corrected chi connectivity index (χ4v) is 5.51. The number of hydrogen-bond acceptors (Lipinski definition) is 7. The van der Waals surface area contributed by atoms with Crippen LogP contribution < -0.4 is 14.8 Å². The number of carbonyl (C=O) groups is 1. The van der Waals surface area contributed by atoms with Crippen LogP contribution in [0.5, 0.6) is 11.5 Å². The van der Waals surface area contributed by atoms with Crippen LogP contribution in [0.4, 0.5) is 13.6 Å². The molecular weight excluding hydrogens is 524 g/mol. The molecule has 2 aromatic rings. The highest BCUT2D eigenvalue weighted by atomic mass is 35.5. The molecule has 1 N–H and O–H groups in total. The predicted octanol–water partition coefficient (Wildman–Crippen LogP) is 4.00. The van der Waals surface area contributed by atoms with Crippen LogP contribution in [0.1, 0.15) is 18.9 Å². The molecule has 0 saturated carbocycles. The molecule has 0 radical (unpaired) electrons. The van der Waals surface area contributed by atoms with Crippen molar-refractivity contribution >= 4 is 42.0 Å². The number of hydrogen-bond donors (Lipinski definition) is 1. The minimum atomic E-state index is -2.44. The predicted molar refractivity (Wildman–Crippen MR) is 129 cm³/mol. The number of ether oxygens (including phenoxy) is 2. The summed E-state index contributed by atoms with van der Waals surface area (Å²) in [4.78, 5) is 17.9. The molecule has 1 saturated heterocycles. The number of nitrogens with one attached hydrogen (secondary N) is 1. The van der Waals surface area contributed by atoms with Crippen LogP contribution in [0.2, 0.25) is 5.02 Å². The number of aliphatic imine (C=N–C) groups is 1. The summed E-state index contributed by atoms with van der Waals surface area (Å²) in [5.41, 5.74) is 1.51. The first kappa shape index (κ1) is 25.3. The Balaban J connectivity index is 1.43. The van der Waals surface area contributed by atoms with Gasteiger partial charge in [-0.1, -0.05) is 41.9 Å². The molecule has 2 aliphatic rings. The topological polar surface area (TPSA) is 97.3 Å². The Morgan fingerprint density at radius 2 is 2.06 bits per heavy atom. The summed E-state index contributed by atoms with van der Waals surface area (Å²) in [6.07, 6.45) is -0.650. The van der Waals surface area contributed by atoms with E-state index in [0.717, 1.165) is 29.1 Å². The molecule has 0 spiro atoms. The van der Waals surface area contributed by atoms with Crippen molar-refractivity contribution in [3.63, 3.8) is 0 Å². The van der Waals surface area contributed by atoms with E-state index in [-0.39, 0.29) is 11.6 Å². The van der Waals surface area contributed by atoms with Gasteiger partial charge in [0.15, 0.2) is 11.6 Å². The molecule has 186 valence electrons. The van der Waals surface area contributed by atoms with E-state index in [4.69, 9.17) is 21.1 Å². The zero-order chi connectivity index (χ0) is 25.2. The standard InChI is InChI=1S/C22H20ClF2N3O5S2/c1-22(7-8-28(12-22)10-14-5-3-2-4-6-14)33-16-9-15(24)20(19(25)18(16)23)32-21(29)27-17-11-34(13-26-17)35(30)31/h2-6,9,11,13H,7-8,10,12H2,1H3,(H,27,29). The van der Waals surface area contributed by atoms with Crippen LogP contribution in [0.3, 0.4) is 0 Å². The Kier molecular flexibility index (Phi) is 7.55. The van der Waals surface area contributed by atoms with E-state index in [1.54, 1.807) is 0 Å². The maximum absolute atomic E-state index is 14.8. The van der Waals surface area contributed by atoms with Gasteiger partial charge in [0.05, 0.1) is 5.55 Å². The zero-order valence-electron chi connectivity index (χ0n) is 18.3. The summed E-state index contributed by atoms with van der Waals surface area (Å²) in [6.45, 7) is 3.80. The fraction of sp³-hybridized carbons (Fsp3) is 0.273. The molecule has 2 unspecified atom stereocenters. The lowest BCUT2D eigenvalue weighted by Crippen LogP contribution is -2.36. The van der Waals surface area contributed by atoms with Crippen LogP contribution >= 0.6 is 11.6 Å². The summed E-state index contributed by atoms with van der Waals surface area (Å²) < 4.78 is 62.0. The minimum Gasteiger partial charge on any atom is -0.484 e. The number of halogens is 3. The molecule has 0 bridgehead atoms. The van der Waals surface area contributed by atoms with Crippen molar-refractivity contribution in [2.24, 2.45) is 4.99 Å². The molecular formula is C22H20ClF2N3O5S2. The third-order valence-corrected chi connectivity index (χ3v) is 8.23. The highest BCUT2D eigenvalue weighted by Crippen LogP contribution is 2.39. The molecule has 2 heterocycles. The van der Waals surface area contributed by atoms with Crippen molar-refractivity contribution < 1.29 is 31.5 Å². The summed E-state index contributed by atoms with van der Waals surface area (Å²) in [6, 6.07) is 10.8. The van der Waals surface area contributed by atoms with Gasteiger partial charge in [-0.05, 0) is 12.5 Å². The summed E-state index contributed by atoms with van der Waals surface area (Å²) in [5, 5.41) is 2.74. The summed E-state index contributed by atoms with van der Waals surface area (Å²) in [7, 11) is -3.75. The summed E-state index contributed by atoms with van der Waals surface area (Å²) >= 11 is 6.09. The SMILES string of the molecule is CC1(Oc2cc(F)c(OC(=O)NC3=CS(=S(=O)=O)C=N3)c(F)c2Cl)CCN(Cc2ccccc2)C1. The highest BCUT2D eigenvalue weighted by molar-refractivity contribution is 8.42. The molecule has 1 fully saturated rings. The van der Waals surface area contributed by atoms with Crippen LogP contribution in [-0.2, 0) is 25.3 Å². The van der Waals surface area contributed by atoms with Gasteiger partial charge in [-0.2, -0.15) is 8.42 Å². The lowest BCUT2D eigenvalue weighted by atomic mass is 10.1. The number of rotatable bonds is 6. The number of nitrogens with zero attached hydrogens (tertiary/aromatic N) is 2. The van der Waals surface area contributed by atoms with E-state index in [9.17, 15) is 22.0 Å². The van der Waals surface area contributed by atoms with Crippen LogP contribution in [0, 0.1) is 11.6 Å². The maximum Gasteiger partial charge on any atom is 0.418 e. The van der Waals surface area contributed by atoms with Gasteiger partial charge in [0.2, 0.25) is 15.0 Å². The van der Waals surface area contributed by atoms with E-state index >= 15 is 0 Å². The van der Waals surface area contributed by atoms with Crippen molar-refractivity contribution in [1.82, 2.24) is 10.2 Å². The smallest absolute Gasteiger partial charge is 0.418 e. The van der Waals surface area contributed by atoms with Gasteiger partial charge in [0, 0.05) is 47.0 Å². The van der Waals surface area contributed by atoms with E-state index in [2.05, 4.69) is 15.2 Å². The highest BCUT2D eigenvalue weighted by Gasteiger charge is 2.37. The summed E-state index contributed by atoms with van der Waals surface area (Å²) in [5.74, 6) is -3.84. The second-order valence-electron chi connectivity index (χ2n) is 8.10. The number of carbonyl (C=O) groups excluding carboxylic acids is 1. The molecule has 0 aliphatic carbocycles. The van der Waals surface area contributed by atoms with Crippen LogP contribution in [-0.4, -0.2) is 43.6 Å². The van der Waals surface area contributed by atoms with E-state index < -0.39 is 52.8 Å². The lowest BCUT2D eigenvalue weighted by Gasteiger charge is -2.27. The molecule has 2 atom stereocenters. The van der Waals surface area contributed by atoms with Crippen LogP contribution in [0.25, 0.3) is 0 Å². The van der Waals surface area contributed by atoms with Gasteiger partial charge in [0.1, 0.15) is 22.2 Å². The molecule has 0 aromatic heterocycles. The second kappa shape index (κ2) is 10.4. The monoisotopic (exact) mass is 543 g/mol. The molecule has 4 rings (SSSR count). The first-order valence-electron chi connectivity index (χ1n) is 10.3. The third-order valence-electron chi connectivity index (χ3n) is 5.31. The first-order chi connectivity index (χ1) is 16.6. The van der Waals surface area contributed by atoms with Gasteiger partial charge >= 0.3 is 6.09 Å². The second-order valence-corrected chi connectivity index (χ2v) is 12.0. The Hall–Kier alpha value is -2.80. The van der Waals surface area contributed by atoms with Gasteiger partial charge in [0.25, 0.3) is 0 Å². The van der Waals surface area contributed by atoms with Crippen LogP contribution in [0.15, 0.2) is 52.6 Å². The molecule has 13 heteroatoms. The Morgan fingerprint density at radius 3 is 2.74 bits per heavy atom. The minimum absolute atomic E-state index is 0.122. The number of amides is 1. The lowest BCUT2D eigenvalue weighted by molar-refractivity contribution is 0.0941. The molecule has 2 aliphatic heterocycles. The van der Waals surface area contributed by atoms with Gasteiger partial charge in [-0.25, -0.2) is 18.6 Å². The molecule has 8 nitrogen and oxygen atoms in total. The zero-order valence-corrected chi connectivity index (χ0v) is 20.7. The van der Waals surface area contributed by atoms with Crippen molar-refractivity contribution in [1.29, 1.82) is 0 Å². The van der Waals surface area contributed by atoms with Crippen molar-refractivity contribution in [3.8, 4) is 11.5 Å². The Morgan fingerprint density at radius 1 is 1.31 bits per heavy atom. The average Bonchev–Trinajstić information content (AvgIpc) is 3.42. The quantitative estimate of drug-likeness (QED) is 0.553. The largest absolute Gasteiger partial charge is 0.484 e. The van der Waals surface area contributed by atoms with Crippen molar-refractivity contribution in [3.05, 3.63) is 69.8 Å².